The van der Waals surface area contributed by atoms with Crippen LogP contribution in [0.1, 0.15) is 27.7 Å². The summed E-state index contributed by atoms with van der Waals surface area (Å²) in [5.41, 5.74) is 1.18. The fourth-order valence-corrected chi connectivity index (χ4v) is 4.25. The number of ketones is 1. The van der Waals surface area contributed by atoms with Crippen LogP contribution in [0.3, 0.4) is 0 Å². The van der Waals surface area contributed by atoms with Crippen molar-refractivity contribution in [3.8, 4) is 0 Å². The number of aromatic nitrogens is 1. The van der Waals surface area contributed by atoms with E-state index in [9.17, 15) is 23.5 Å². The summed E-state index contributed by atoms with van der Waals surface area (Å²) >= 11 is 1.24. The summed E-state index contributed by atoms with van der Waals surface area (Å²) in [5.74, 6) is -3.15. The lowest BCUT2D eigenvalue weighted by Gasteiger charge is -2.23. The minimum absolute atomic E-state index is 0.163. The second kappa shape index (κ2) is 7.46. The number of anilines is 1. The molecule has 0 spiro atoms. The van der Waals surface area contributed by atoms with E-state index in [-0.39, 0.29) is 11.1 Å². The zero-order valence-electron chi connectivity index (χ0n) is 16.0. The van der Waals surface area contributed by atoms with Crippen molar-refractivity contribution in [1.82, 2.24) is 4.98 Å². The van der Waals surface area contributed by atoms with Crippen molar-refractivity contribution in [2.45, 2.75) is 19.9 Å². The van der Waals surface area contributed by atoms with Gasteiger partial charge in [0.05, 0.1) is 17.3 Å². The molecule has 1 aromatic heterocycles. The lowest BCUT2D eigenvalue weighted by atomic mass is 9.95. The van der Waals surface area contributed by atoms with E-state index in [1.807, 2.05) is 6.92 Å². The molecule has 0 radical (unpaired) electrons. The van der Waals surface area contributed by atoms with Gasteiger partial charge in [0.2, 0.25) is 0 Å². The molecular weight excluding hydrogens is 410 g/mol. The normalized spacial score (nSPS) is 18.3. The summed E-state index contributed by atoms with van der Waals surface area (Å²) in [4.78, 5) is 32.4. The van der Waals surface area contributed by atoms with Gasteiger partial charge < -0.3 is 5.11 Å². The summed E-state index contributed by atoms with van der Waals surface area (Å²) < 4.78 is 26.8. The number of hydrogen-bond donors (Lipinski definition) is 1. The van der Waals surface area contributed by atoms with Crippen LogP contribution in [0.25, 0.3) is 5.76 Å². The third kappa shape index (κ3) is 3.29. The SMILES string of the molecule is Cc1nc(N2C(=O)C(=O)/C(=C(/O)c3ccc(F)cc3)[C@@H]2c2ccc(F)cc2)sc1C. The molecule has 2 aromatic carbocycles. The largest absolute Gasteiger partial charge is 0.507 e. The lowest BCUT2D eigenvalue weighted by molar-refractivity contribution is -0.132. The van der Waals surface area contributed by atoms with E-state index >= 15 is 0 Å². The van der Waals surface area contributed by atoms with Gasteiger partial charge in [-0.3, -0.25) is 14.5 Å². The van der Waals surface area contributed by atoms with Crippen molar-refractivity contribution in [3.63, 3.8) is 0 Å². The number of hydrogen-bond acceptors (Lipinski definition) is 5. The molecule has 4 rings (SSSR count). The first-order valence-corrected chi connectivity index (χ1v) is 9.86. The van der Waals surface area contributed by atoms with E-state index in [2.05, 4.69) is 4.98 Å². The average molecular weight is 426 g/mol. The standard InChI is InChI=1S/C22H16F2N2O3S/c1-11-12(2)30-22(25-11)26-18(13-3-7-15(23)8-4-13)17(20(28)21(26)29)19(27)14-5-9-16(24)10-6-14/h3-10,18,27H,1-2H3/b19-17+/t18-/m0/s1. The predicted octanol–water partition coefficient (Wildman–Crippen LogP) is 4.66. The molecule has 30 heavy (non-hydrogen) atoms. The Morgan fingerprint density at radius 1 is 1.00 bits per heavy atom. The Kier molecular flexibility index (Phi) is 4.95. The van der Waals surface area contributed by atoms with Crippen LogP contribution in [0.15, 0.2) is 54.1 Å². The third-order valence-corrected chi connectivity index (χ3v) is 6.04. The van der Waals surface area contributed by atoms with Gasteiger partial charge in [-0.2, -0.15) is 0 Å². The van der Waals surface area contributed by atoms with Crippen LogP contribution in [-0.2, 0) is 9.59 Å². The van der Waals surface area contributed by atoms with E-state index in [1.54, 1.807) is 6.92 Å². The summed E-state index contributed by atoms with van der Waals surface area (Å²) in [7, 11) is 0. The monoisotopic (exact) mass is 426 g/mol. The van der Waals surface area contributed by atoms with Crippen LogP contribution in [0.4, 0.5) is 13.9 Å². The Labute approximate surface area is 174 Å². The van der Waals surface area contributed by atoms with Gasteiger partial charge in [0.15, 0.2) is 5.13 Å². The molecule has 3 aromatic rings. The fourth-order valence-electron chi connectivity index (χ4n) is 3.31. The van der Waals surface area contributed by atoms with Crippen molar-refractivity contribution < 1.29 is 23.5 Å². The molecule has 1 amide bonds. The molecule has 0 unspecified atom stereocenters. The van der Waals surface area contributed by atoms with Crippen LogP contribution in [0.2, 0.25) is 0 Å². The van der Waals surface area contributed by atoms with E-state index in [1.165, 1.54) is 52.6 Å². The van der Waals surface area contributed by atoms with Crippen LogP contribution < -0.4 is 4.90 Å². The van der Waals surface area contributed by atoms with Crippen LogP contribution in [0, 0.1) is 25.5 Å². The van der Waals surface area contributed by atoms with Crippen molar-refractivity contribution >= 4 is 33.9 Å². The number of rotatable bonds is 3. The van der Waals surface area contributed by atoms with Gasteiger partial charge in [-0.1, -0.05) is 12.1 Å². The molecule has 5 nitrogen and oxygen atoms in total. The highest BCUT2D eigenvalue weighted by molar-refractivity contribution is 7.16. The van der Waals surface area contributed by atoms with Gasteiger partial charge in [0.25, 0.3) is 5.78 Å². The summed E-state index contributed by atoms with van der Waals surface area (Å²) in [5, 5.41) is 11.2. The molecule has 1 fully saturated rings. The van der Waals surface area contributed by atoms with E-state index < -0.39 is 35.1 Å². The molecule has 8 heteroatoms. The molecular formula is C22H16F2N2O3S. The number of Topliss-reactive ketones (excluding diaryl/α,β-unsaturated/α-hetero) is 1. The second-order valence-electron chi connectivity index (χ2n) is 6.87. The quantitative estimate of drug-likeness (QED) is 0.376. The average Bonchev–Trinajstić information content (AvgIpc) is 3.18. The maximum absolute atomic E-state index is 13.5. The Morgan fingerprint density at radius 2 is 1.57 bits per heavy atom. The summed E-state index contributed by atoms with van der Waals surface area (Å²) in [6, 6.07) is 9.25. The minimum Gasteiger partial charge on any atom is -0.507 e. The molecule has 1 N–H and O–H groups in total. The number of benzene rings is 2. The molecule has 1 aliphatic heterocycles. The van der Waals surface area contributed by atoms with Gasteiger partial charge in [-0.25, -0.2) is 13.8 Å². The smallest absolute Gasteiger partial charge is 0.301 e. The number of aliphatic hydroxyl groups is 1. The molecule has 2 heterocycles. The maximum Gasteiger partial charge on any atom is 0.301 e. The molecule has 1 aliphatic rings. The number of amides is 1. The van der Waals surface area contributed by atoms with Crippen LogP contribution >= 0.6 is 11.3 Å². The number of thiazole rings is 1. The minimum atomic E-state index is -0.999. The lowest BCUT2D eigenvalue weighted by Crippen LogP contribution is -2.29. The number of aryl methyl sites for hydroxylation is 2. The van der Waals surface area contributed by atoms with Crippen molar-refractivity contribution in [1.29, 1.82) is 0 Å². The van der Waals surface area contributed by atoms with Gasteiger partial charge >= 0.3 is 5.91 Å². The Hall–Kier alpha value is -3.39. The molecule has 0 saturated carbocycles. The van der Waals surface area contributed by atoms with Crippen molar-refractivity contribution in [2.24, 2.45) is 0 Å². The summed E-state index contributed by atoms with van der Waals surface area (Å²) in [6.07, 6.45) is 0. The number of nitrogens with zero attached hydrogens (tertiary/aromatic N) is 2. The van der Waals surface area contributed by atoms with Gasteiger partial charge in [0, 0.05) is 10.4 Å². The number of aliphatic hydroxyl groups excluding tert-OH is 1. The maximum atomic E-state index is 13.5. The first-order chi connectivity index (χ1) is 14.3. The van der Waals surface area contributed by atoms with Gasteiger partial charge in [0.1, 0.15) is 17.4 Å². The van der Waals surface area contributed by atoms with Crippen molar-refractivity contribution in [3.05, 3.63) is 87.4 Å². The molecule has 1 saturated heterocycles. The van der Waals surface area contributed by atoms with Gasteiger partial charge in [-0.05, 0) is 55.8 Å². The van der Waals surface area contributed by atoms with E-state index in [0.29, 0.717) is 16.4 Å². The Morgan fingerprint density at radius 3 is 2.10 bits per heavy atom. The predicted molar refractivity (Wildman–Crippen MR) is 109 cm³/mol. The van der Waals surface area contributed by atoms with Crippen LogP contribution in [0.5, 0.6) is 0 Å². The highest BCUT2D eigenvalue weighted by Crippen LogP contribution is 2.43. The molecule has 1 atom stereocenters. The highest BCUT2D eigenvalue weighted by Gasteiger charge is 2.48. The van der Waals surface area contributed by atoms with Crippen molar-refractivity contribution in [2.75, 3.05) is 4.90 Å². The third-order valence-electron chi connectivity index (χ3n) is 4.97. The zero-order valence-corrected chi connectivity index (χ0v) is 16.8. The highest BCUT2D eigenvalue weighted by atomic mass is 32.1. The Bertz CT molecular complexity index is 1160. The second-order valence-corrected chi connectivity index (χ2v) is 8.05. The topological polar surface area (TPSA) is 70.5 Å². The first kappa shape index (κ1) is 19.9. The molecule has 0 aliphatic carbocycles. The van der Waals surface area contributed by atoms with E-state index in [4.69, 9.17) is 0 Å². The van der Waals surface area contributed by atoms with Gasteiger partial charge in [-0.15, -0.1) is 11.3 Å². The fraction of sp³-hybridized carbons (Fsp3) is 0.136. The number of carbonyl (C=O) groups excluding carboxylic acids is 2. The first-order valence-electron chi connectivity index (χ1n) is 9.04. The molecule has 152 valence electrons. The number of halogens is 2. The van der Waals surface area contributed by atoms with Crippen LogP contribution in [-0.4, -0.2) is 21.8 Å². The summed E-state index contributed by atoms with van der Waals surface area (Å²) in [6.45, 7) is 3.63. The Balaban J connectivity index is 1.94. The van der Waals surface area contributed by atoms with E-state index in [0.717, 1.165) is 17.0 Å². The number of carbonyl (C=O) groups is 2. The zero-order chi connectivity index (χ0) is 21.6. The molecule has 0 bridgehead atoms.